The Morgan fingerprint density at radius 2 is 1.90 bits per heavy atom. The van der Waals surface area contributed by atoms with Gasteiger partial charge in [-0.05, 0) is 12.1 Å². The standard InChI is InChI=1S/C5H3Cl2NO.Na.H/c6-3-1-2-4(7)8-5(3)9;;/h1-2H,(H,8,9);;. The van der Waals surface area contributed by atoms with E-state index in [1.54, 1.807) is 0 Å². The first-order valence-electron chi connectivity index (χ1n) is 2.21. The van der Waals surface area contributed by atoms with Crippen molar-refractivity contribution in [3.05, 3.63) is 22.3 Å². The molecule has 0 aromatic carbocycles. The summed E-state index contributed by atoms with van der Waals surface area (Å²) in [4.78, 5) is 3.46. The first-order chi connectivity index (χ1) is 4.20. The van der Waals surface area contributed by atoms with E-state index < -0.39 is 0 Å². The molecule has 0 fully saturated rings. The van der Waals surface area contributed by atoms with Crippen molar-refractivity contribution in [2.45, 2.75) is 0 Å². The fourth-order valence-corrected chi connectivity index (χ4v) is 0.657. The number of rotatable bonds is 0. The van der Waals surface area contributed by atoms with E-state index >= 15 is 0 Å². The Hall–Kier alpha value is 0.530. The zero-order chi connectivity index (χ0) is 6.85. The molecule has 1 N–H and O–H groups in total. The molecule has 5 heteroatoms. The topological polar surface area (TPSA) is 33.1 Å². The fourth-order valence-electron chi connectivity index (χ4n) is 0.408. The van der Waals surface area contributed by atoms with Gasteiger partial charge in [-0.1, -0.05) is 23.2 Å². The zero-order valence-corrected chi connectivity index (χ0v) is 5.82. The number of aromatic nitrogens is 1. The minimum atomic E-state index is -0.232. The van der Waals surface area contributed by atoms with Crippen molar-refractivity contribution in [2.24, 2.45) is 0 Å². The van der Waals surface area contributed by atoms with E-state index in [9.17, 15) is 0 Å². The van der Waals surface area contributed by atoms with Crippen LogP contribution < -0.4 is 0 Å². The van der Waals surface area contributed by atoms with Crippen LogP contribution in [0.25, 0.3) is 0 Å². The van der Waals surface area contributed by atoms with Crippen LogP contribution in [-0.4, -0.2) is 39.6 Å². The Morgan fingerprint density at radius 1 is 1.30 bits per heavy atom. The summed E-state index contributed by atoms with van der Waals surface area (Å²) in [5.41, 5.74) is 0. The number of hydrogen-bond donors (Lipinski definition) is 1. The van der Waals surface area contributed by atoms with Crippen molar-refractivity contribution in [3.8, 4) is 5.88 Å². The Morgan fingerprint density at radius 3 is 2.30 bits per heavy atom. The molecule has 0 spiro atoms. The molecular formula is C5H4Cl2NNaO. The summed E-state index contributed by atoms with van der Waals surface area (Å²) < 4.78 is 0. The quantitative estimate of drug-likeness (QED) is 0.493. The van der Waals surface area contributed by atoms with E-state index in [1.165, 1.54) is 12.1 Å². The van der Waals surface area contributed by atoms with Crippen LogP contribution in [0.4, 0.5) is 0 Å². The van der Waals surface area contributed by atoms with E-state index in [1.807, 2.05) is 0 Å². The van der Waals surface area contributed by atoms with E-state index in [2.05, 4.69) is 4.98 Å². The molecule has 0 saturated heterocycles. The Labute approximate surface area is 90.5 Å². The molecule has 1 heterocycles. The Bertz CT molecular complexity index is 231. The van der Waals surface area contributed by atoms with Gasteiger partial charge in [-0.15, -0.1) is 0 Å². The summed E-state index contributed by atoms with van der Waals surface area (Å²) in [7, 11) is 0. The summed E-state index contributed by atoms with van der Waals surface area (Å²) in [5.74, 6) is -0.232. The molecule has 0 unspecified atom stereocenters. The van der Waals surface area contributed by atoms with E-state index in [0.29, 0.717) is 0 Å². The van der Waals surface area contributed by atoms with Gasteiger partial charge in [-0.3, -0.25) is 0 Å². The molecule has 0 radical (unpaired) electrons. The van der Waals surface area contributed by atoms with E-state index in [4.69, 9.17) is 28.3 Å². The van der Waals surface area contributed by atoms with Crippen LogP contribution in [0.15, 0.2) is 12.1 Å². The van der Waals surface area contributed by atoms with Crippen molar-refractivity contribution >= 4 is 52.8 Å². The van der Waals surface area contributed by atoms with Crippen LogP contribution in [0.3, 0.4) is 0 Å². The van der Waals surface area contributed by atoms with Crippen LogP contribution in [0, 0.1) is 0 Å². The second kappa shape index (κ2) is 4.42. The van der Waals surface area contributed by atoms with Gasteiger partial charge >= 0.3 is 29.6 Å². The third-order valence-corrected chi connectivity index (χ3v) is 1.30. The SMILES string of the molecule is Oc1nc(Cl)ccc1Cl.[NaH]. The van der Waals surface area contributed by atoms with Gasteiger partial charge < -0.3 is 5.11 Å². The van der Waals surface area contributed by atoms with Crippen molar-refractivity contribution in [1.82, 2.24) is 4.98 Å². The van der Waals surface area contributed by atoms with Crippen molar-refractivity contribution in [3.63, 3.8) is 0 Å². The number of halogens is 2. The van der Waals surface area contributed by atoms with Crippen LogP contribution >= 0.6 is 23.2 Å². The van der Waals surface area contributed by atoms with Crippen LogP contribution in [-0.2, 0) is 0 Å². The number of pyridine rings is 1. The van der Waals surface area contributed by atoms with Crippen LogP contribution in [0.1, 0.15) is 0 Å². The predicted molar refractivity (Wildman–Crippen MR) is 43.1 cm³/mol. The predicted octanol–water partition coefficient (Wildman–Crippen LogP) is 1.45. The molecule has 2 nitrogen and oxygen atoms in total. The van der Waals surface area contributed by atoms with Crippen molar-refractivity contribution in [1.29, 1.82) is 0 Å². The molecule has 0 atom stereocenters. The normalized spacial score (nSPS) is 8.60. The molecule has 1 aromatic rings. The molecule has 0 aliphatic rings. The van der Waals surface area contributed by atoms with Crippen LogP contribution in [0.5, 0.6) is 5.88 Å². The van der Waals surface area contributed by atoms with Gasteiger partial charge in [0.25, 0.3) is 0 Å². The average Bonchev–Trinajstić information content (AvgIpc) is 1.80. The molecule has 0 aliphatic heterocycles. The molecule has 0 amide bonds. The Balaban J connectivity index is 0.000000810. The summed E-state index contributed by atoms with van der Waals surface area (Å²) >= 11 is 10.8. The van der Waals surface area contributed by atoms with Gasteiger partial charge in [0, 0.05) is 0 Å². The second-order valence-corrected chi connectivity index (χ2v) is 2.23. The van der Waals surface area contributed by atoms with E-state index in [0.717, 1.165) is 0 Å². The minimum absolute atomic E-state index is 0. The summed E-state index contributed by atoms with van der Waals surface area (Å²) in [6, 6.07) is 2.98. The monoisotopic (exact) mass is 187 g/mol. The third kappa shape index (κ3) is 2.64. The average molecular weight is 188 g/mol. The Kier molecular flexibility index (Phi) is 4.65. The molecule has 50 valence electrons. The van der Waals surface area contributed by atoms with Crippen molar-refractivity contribution in [2.75, 3.05) is 0 Å². The van der Waals surface area contributed by atoms with E-state index in [-0.39, 0.29) is 45.6 Å². The van der Waals surface area contributed by atoms with Gasteiger partial charge in [-0.2, -0.15) is 0 Å². The van der Waals surface area contributed by atoms with Gasteiger partial charge in [0.15, 0.2) is 0 Å². The van der Waals surface area contributed by atoms with Crippen molar-refractivity contribution < 1.29 is 5.11 Å². The fraction of sp³-hybridized carbons (Fsp3) is 0. The molecule has 1 aromatic heterocycles. The zero-order valence-electron chi connectivity index (χ0n) is 4.31. The molecule has 10 heavy (non-hydrogen) atoms. The number of nitrogens with zero attached hydrogens (tertiary/aromatic N) is 1. The number of aromatic hydroxyl groups is 1. The summed E-state index contributed by atoms with van der Waals surface area (Å²) in [6.45, 7) is 0. The number of hydrogen-bond acceptors (Lipinski definition) is 2. The molecule has 0 aliphatic carbocycles. The second-order valence-electron chi connectivity index (χ2n) is 1.44. The summed E-state index contributed by atoms with van der Waals surface area (Å²) in [6.07, 6.45) is 0. The maximum atomic E-state index is 8.77. The van der Waals surface area contributed by atoms with Crippen LogP contribution in [0.2, 0.25) is 10.2 Å². The van der Waals surface area contributed by atoms with Gasteiger partial charge in [-0.25, -0.2) is 4.98 Å². The van der Waals surface area contributed by atoms with Gasteiger partial charge in [0.2, 0.25) is 5.88 Å². The maximum absolute atomic E-state index is 8.77. The molecule has 1 rings (SSSR count). The molecule has 0 saturated carbocycles. The molecule has 0 bridgehead atoms. The third-order valence-electron chi connectivity index (χ3n) is 0.794. The first kappa shape index (κ1) is 10.5. The molecular weight excluding hydrogens is 184 g/mol. The summed E-state index contributed by atoms with van der Waals surface area (Å²) in [5, 5.41) is 9.21. The van der Waals surface area contributed by atoms with Gasteiger partial charge in [0.05, 0.1) is 0 Å². The van der Waals surface area contributed by atoms with Gasteiger partial charge in [0.1, 0.15) is 10.2 Å². The first-order valence-corrected chi connectivity index (χ1v) is 2.97.